The highest BCUT2D eigenvalue weighted by atomic mass is 16.4. The maximum Gasteiger partial charge on any atom is 0.303 e. The van der Waals surface area contributed by atoms with Crippen LogP contribution in [0, 0.1) is 0 Å². The van der Waals surface area contributed by atoms with Gasteiger partial charge in [-0.3, -0.25) is 4.79 Å². The van der Waals surface area contributed by atoms with Gasteiger partial charge in [-0.15, -0.1) is 0 Å². The molecule has 0 aliphatic carbocycles. The van der Waals surface area contributed by atoms with Crippen molar-refractivity contribution in [2.45, 2.75) is 136 Å². The Balaban J connectivity index is 3.06. The van der Waals surface area contributed by atoms with Crippen LogP contribution in [-0.2, 0) is 31.9 Å². The van der Waals surface area contributed by atoms with Gasteiger partial charge in [-0.2, -0.15) is 0 Å². The Labute approximate surface area is 231 Å². The predicted octanol–water partition coefficient (Wildman–Crippen LogP) is 8.85. The van der Waals surface area contributed by atoms with Gasteiger partial charge in [0.2, 0.25) is 0 Å². The van der Waals surface area contributed by atoms with Crippen LogP contribution in [0.25, 0.3) is 0 Å². The van der Waals surface area contributed by atoms with Crippen molar-refractivity contribution in [2.75, 3.05) is 0 Å². The van der Waals surface area contributed by atoms with E-state index < -0.39 is 11.4 Å². The third-order valence-corrected chi connectivity index (χ3v) is 7.79. The molecule has 0 fully saturated rings. The summed E-state index contributed by atoms with van der Waals surface area (Å²) in [6.07, 6.45) is 1.22. The molecule has 0 aliphatic rings. The number of hydrogen-bond donors (Lipinski definition) is 3. The van der Waals surface area contributed by atoms with Crippen molar-refractivity contribution >= 4 is 5.97 Å². The van der Waals surface area contributed by atoms with Crippen LogP contribution in [0.1, 0.15) is 143 Å². The molecular formula is C34H52O4. The molecule has 0 saturated carbocycles. The summed E-state index contributed by atoms with van der Waals surface area (Å²) in [6.45, 7) is 27.5. The normalized spacial score (nSPS) is 13.6. The van der Waals surface area contributed by atoms with Crippen LogP contribution >= 0.6 is 0 Å². The molecule has 2 aromatic rings. The zero-order chi connectivity index (χ0) is 29.6. The molecule has 4 nitrogen and oxygen atoms in total. The molecule has 0 aliphatic heterocycles. The predicted molar refractivity (Wildman–Crippen MR) is 159 cm³/mol. The van der Waals surface area contributed by atoms with E-state index in [-0.39, 0.29) is 28.1 Å². The summed E-state index contributed by atoms with van der Waals surface area (Å²) in [5.74, 6) is -0.142. The summed E-state index contributed by atoms with van der Waals surface area (Å²) in [7, 11) is 0. The first-order chi connectivity index (χ1) is 16.9. The van der Waals surface area contributed by atoms with Crippen LogP contribution in [0.2, 0.25) is 0 Å². The molecule has 0 spiro atoms. The van der Waals surface area contributed by atoms with E-state index in [1.807, 2.05) is 0 Å². The molecule has 4 heteroatoms. The SMILES string of the molecule is CC(C)(C)c1cc(C(C)(CCCC(=O)O)c2cc(C(C)(C)C)c(O)c(C(C)(C)C)c2)cc(C(C)(C)C)c1O. The Morgan fingerprint density at radius 1 is 0.579 bits per heavy atom. The van der Waals surface area contributed by atoms with Crippen molar-refractivity contribution in [1.29, 1.82) is 0 Å². The van der Waals surface area contributed by atoms with Crippen molar-refractivity contribution in [3.63, 3.8) is 0 Å². The lowest BCUT2D eigenvalue weighted by Crippen LogP contribution is -2.29. The van der Waals surface area contributed by atoms with Gasteiger partial charge < -0.3 is 15.3 Å². The number of carboxylic acid groups (broad SMARTS) is 1. The highest BCUT2D eigenvalue weighted by molar-refractivity contribution is 5.66. The Bertz CT molecular complexity index is 1020. The number of phenols is 2. The first kappa shape index (κ1) is 31.7. The maximum atomic E-state index is 11.5. The minimum absolute atomic E-state index is 0.0856. The topological polar surface area (TPSA) is 77.8 Å². The van der Waals surface area contributed by atoms with E-state index in [0.29, 0.717) is 24.3 Å². The van der Waals surface area contributed by atoms with Crippen LogP contribution < -0.4 is 0 Å². The maximum absolute atomic E-state index is 11.5. The van der Waals surface area contributed by atoms with Crippen molar-refractivity contribution in [2.24, 2.45) is 0 Å². The average Bonchev–Trinajstić information content (AvgIpc) is 2.70. The van der Waals surface area contributed by atoms with E-state index in [4.69, 9.17) is 0 Å². The summed E-state index contributed by atoms with van der Waals surface area (Å²) >= 11 is 0. The van der Waals surface area contributed by atoms with Gasteiger partial charge in [-0.05, 0) is 67.9 Å². The molecule has 0 unspecified atom stereocenters. The lowest BCUT2D eigenvalue weighted by atomic mass is 9.67. The van der Waals surface area contributed by atoms with Gasteiger partial charge in [0.15, 0.2) is 0 Å². The Kier molecular flexibility index (Phi) is 8.55. The van der Waals surface area contributed by atoms with Gasteiger partial charge in [-0.1, -0.05) is 114 Å². The largest absolute Gasteiger partial charge is 0.507 e. The molecule has 2 aromatic carbocycles. The van der Waals surface area contributed by atoms with Crippen LogP contribution in [0.4, 0.5) is 0 Å². The minimum Gasteiger partial charge on any atom is -0.507 e. The van der Waals surface area contributed by atoms with Gasteiger partial charge >= 0.3 is 5.97 Å². The number of carbonyl (C=O) groups is 1. The molecular weight excluding hydrogens is 472 g/mol. The first-order valence-electron chi connectivity index (χ1n) is 13.9. The van der Waals surface area contributed by atoms with Crippen LogP contribution in [0.3, 0.4) is 0 Å². The van der Waals surface area contributed by atoms with E-state index in [9.17, 15) is 20.1 Å². The van der Waals surface area contributed by atoms with Crippen molar-refractivity contribution in [3.05, 3.63) is 57.6 Å². The molecule has 0 heterocycles. The molecule has 0 aromatic heterocycles. The molecule has 2 rings (SSSR count). The Morgan fingerprint density at radius 2 is 0.842 bits per heavy atom. The molecule has 0 amide bonds. The molecule has 3 N–H and O–H groups in total. The third kappa shape index (κ3) is 6.74. The summed E-state index contributed by atoms with van der Waals surface area (Å²) < 4.78 is 0. The second-order valence-corrected chi connectivity index (χ2v) is 15.4. The zero-order valence-corrected chi connectivity index (χ0v) is 26.2. The van der Waals surface area contributed by atoms with E-state index >= 15 is 0 Å². The Hall–Kier alpha value is -2.49. The fraction of sp³-hybridized carbons (Fsp3) is 0.618. The third-order valence-electron chi connectivity index (χ3n) is 7.79. The van der Waals surface area contributed by atoms with Crippen LogP contribution in [-0.4, -0.2) is 21.3 Å². The second-order valence-electron chi connectivity index (χ2n) is 15.4. The fourth-order valence-corrected chi connectivity index (χ4v) is 5.24. The Morgan fingerprint density at radius 3 is 1.05 bits per heavy atom. The van der Waals surface area contributed by atoms with Crippen LogP contribution in [0.5, 0.6) is 11.5 Å². The molecule has 212 valence electrons. The number of carboxylic acids is 1. The quantitative estimate of drug-likeness (QED) is 0.353. The summed E-state index contributed by atoms with van der Waals surface area (Å²) in [6, 6.07) is 8.47. The zero-order valence-electron chi connectivity index (χ0n) is 26.2. The lowest BCUT2D eigenvalue weighted by molar-refractivity contribution is -0.137. The van der Waals surface area contributed by atoms with Crippen molar-refractivity contribution in [3.8, 4) is 11.5 Å². The summed E-state index contributed by atoms with van der Waals surface area (Å²) in [5.41, 5.74) is 3.96. The van der Waals surface area contributed by atoms with Crippen LogP contribution in [0.15, 0.2) is 24.3 Å². The lowest BCUT2D eigenvalue weighted by Gasteiger charge is -2.37. The molecule has 0 bridgehead atoms. The van der Waals surface area contributed by atoms with Crippen molar-refractivity contribution in [1.82, 2.24) is 0 Å². The van der Waals surface area contributed by atoms with Gasteiger partial charge in [0.1, 0.15) is 11.5 Å². The van der Waals surface area contributed by atoms with E-state index in [1.165, 1.54) is 0 Å². The smallest absolute Gasteiger partial charge is 0.303 e. The summed E-state index contributed by atoms with van der Waals surface area (Å²) in [4.78, 5) is 11.5. The van der Waals surface area contributed by atoms with Gasteiger partial charge in [0, 0.05) is 11.8 Å². The highest BCUT2D eigenvalue weighted by Crippen LogP contribution is 2.48. The monoisotopic (exact) mass is 524 g/mol. The molecule has 0 saturated heterocycles. The molecule has 38 heavy (non-hydrogen) atoms. The van der Waals surface area contributed by atoms with Gasteiger partial charge in [0.05, 0.1) is 0 Å². The second kappa shape index (κ2) is 10.2. The minimum atomic E-state index is -0.805. The molecule has 0 radical (unpaired) electrons. The van der Waals surface area contributed by atoms with E-state index in [2.05, 4.69) is 114 Å². The number of rotatable bonds is 6. The van der Waals surface area contributed by atoms with Gasteiger partial charge in [0.25, 0.3) is 0 Å². The average molecular weight is 525 g/mol. The standard InChI is InChI=1S/C34H52O4/c1-30(2,3)23-17-21(18-24(28(23)37)31(4,5)6)34(13,16-14-15-27(35)36)22-19-25(32(7,8)9)29(38)26(20-22)33(10,11)12/h17-20,37-38H,14-16H2,1-13H3,(H,35,36). The molecule has 0 atom stereocenters. The highest BCUT2D eigenvalue weighted by Gasteiger charge is 2.37. The van der Waals surface area contributed by atoms with Gasteiger partial charge in [-0.25, -0.2) is 0 Å². The van der Waals surface area contributed by atoms with E-state index in [1.54, 1.807) is 0 Å². The number of hydrogen-bond acceptors (Lipinski definition) is 3. The number of aromatic hydroxyl groups is 2. The van der Waals surface area contributed by atoms with E-state index in [0.717, 1.165) is 33.4 Å². The van der Waals surface area contributed by atoms with Crippen molar-refractivity contribution < 1.29 is 20.1 Å². The number of aliphatic carboxylic acids is 1. The fourth-order valence-electron chi connectivity index (χ4n) is 5.24. The first-order valence-corrected chi connectivity index (χ1v) is 13.9. The number of benzene rings is 2. The number of phenolic OH excluding ortho intramolecular Hbond substituents is 2. The summed E-state index contributed by atoms with van der Waals surface area (Å²) in [5, 5.41) is 32.3.